The molecular weight excluding hydrogens is 248 g/mol. The predicted molar refractivity (Wildman–Crippen MR) is 76.5 cm³/mol. The third kappa shape index (κ3) is 3.72. The van der Waals surface area contributed by atoms with Crippen LogP contribution in [-0.4, -0.2) is 25.5 Å². The van der Waals surface area contributed by atoms with E-state index in [1.807, 2.05) is 32.0 Å². The molecule has 1 unspecified atom stereocenters. The molecule has 1 fully saturated rings. The van der Waals surface area contributed by atoms with Gasteiger partial charge in [0.2, 0.25) is 0 Å². The van der Waals surface area contributed by atoms with Crippen LogP contribution < -0.4 is 10.6 Å². The number of hydrogen-bond donors (Lipinski definition) is 2. The van der Waals surface area contributed by atoms with E-state index in [0.29, 0.717) is 5.92 Å². The lowest BCUT2D eigenvalue weighted by Crippen LogP contribution is -2.30. The van der Waals surface area contributed by atoms with E-state index in [4.69, 9.17) is 0 Å². The highest BCUT2D eigenvalue weighted by Crippen LogP contribution is 2.11. The lowest BCUT2D eigenvalue weighted by Gasteiger charge is -2.11. The van der Waals surface area contributed by atoms with Gasteiger partial charge in [-0.1, -0.05) is 17.7 Å². The van der Waals surface area contributed by atoms with E-state index in [9.17, 15) is 4.79 Å². The molecule has 1 amide bonds. The molecule has 1 aliphatic rings. The average Bonchev–Trinajstić information content (AvgIpc) is 2.82. The normalized spacial score (nSPS) is 18.2. The van der Waals surface area contributed by atoms with Crippen molar-refractivity contribution in [2.75, 3.05) is 19.6 Å². The summed E-state index contributed by atoms with van der Waals surface area (Å²) in [7, 11) is 0. The Bertz CT molecular complexity index is 414. The van der Waals surface area contributed by atoms with Crippen LogP contribution in [0.1, 0.15) is 27.9 Å². The van der Waals surface area contributed by atoms with Gasteiger partial charge in [0, 0.05) is 12.1 Å². The lowest BCUT2D eigenvalue weighted by molar-refractivity contribution is 0.0947. The second-order valence-electron chi connectivity index (χ2n) is 4.89. The highest BCUT2D eigenvalue weighted by molar-refractivity contribution is 5.95. The highest BCUT2D eigenvalue weighted by Gasteiger charge is 2.16. The molecule has 3 nitrogen and oxygen atoms in total. The van der Waals surface area contributed by atoms with E-state index >= 15 is 0 Å². The molecule has 1 aromatic carbocycles. The molecule has 100 valence electrons. The zero-order chi connectivity index (χ0) is 12.3. The molecule has 0 saturated carbocycles. The van der Waals surface area contributed by atoms with Gasteiger partial charge in [-0.2, -0.15) is 0 Å². The Morgan fingerprint density at radius 3 is 2.89 bits per heavy atom. The van der Waals surface area contributed by atoms with Crippen LogP contribution in [-0.2, 0) is 0 Å². The zero-order valence-corrected chi connectivity index (χ0v) is 11.8. The molecule has 2 N–H and O–H groups in total. The first kappa shape index (κ1) is 15.0. The van der Waals surface area contributed by atoms with Gasteiger partial charge in [0.15, 0.2) is 0 Å². The summed E-state index contributed by atoms with van der Waals surface area (Å²) < 4.78 is 0. The van der Waals surface area contributed by atoms with Gasteiger partial charge in [-0.05, 0) is 50.9 Å². The van der Waals surface area contributed by atoms with Gasteiger partial charge in [0.1, 0.15) is 0 Å². The standard InChI is InChI=1S/C14H20N2O.ClH/c1-10-3-4-11(2)13(7-10)14(17)16-9-12-5-6-15-8-12;/h3-4,7,12,15H,5-6,8-9H2,1-2H3,(H,16,17);1H. The van der Waals surface area contributed by atoms with Crippen molar-refractivity contribution in [3.05, 3.63) is 34.9 Å². The van der Waals surface area contributed by atoms with Gasteiger partial charge >= 0.3 is 0 Å². The minimum atomic E-state index is 0. The van der Waals surface area contributed by atoms with Crippen LogP contribution in [0.25, 0.3) is 0 Å². The van der Waals surface area contributed by atoms with E-state index in [2.05, 4.69) is 10.6 Å². The van der Waals surface area contributed by atoms with Gasteiger partial charge in [-0.25, -0.2) is 0 Å². The number of carbonyl (C=O) groups is 1. The van der Waals surface area contributed by atoms with Gasteiger partial charge < -0.3 is 10.6 Å². The fourth-order valence-electron chi connectivity index (χ4n) is 2.20. The summed E-state index contributed by atoms with van der Waals surface area (Å²) in [4.78, 5) is 12.0. The Labute approximate surface area is 115 Å². The molecule has 0 aromatic heterocycles. The van der Waals surface area contributed by atoms with E-state index in [-0.39, 0.29) is 18.3 Å². The maximum atomic E-state index is 12.0. The smallest absolute Gasteiger partial charge is 0.251 e. The van der Waals surface area contributed by atoms with E-state index in [1.165, 1.54) is 0 Å². The van der Waals surface area contributed by atoms with Crippen molar-refractivity contribution in [3.8, 4) is 0 Å². The summed E-state index contributed by atoms with van der Waals surface area (Å²) in [6.07, 6.45) is 1.16. The van der Waals surface area contributed by atoms with Crippen molar-refractivity contribution >= 4 is 18.3 Å². The summed E-state index contributed by atoms with van der Waals surface area (Å²) in [6.45, 7) is 6.86. The number of halogens is 1. The van der Waals surface area contributed by atoms with Crippen LogP contribution in [0.2, 0.25) is 0 Å². The first-order chi connectivity index (χ1) is 8.16. The summed E-state index contributed by atoms with van der Waals surface area (Å²) in [5.74, 6) is 0.641. The Balaban J connectivity index is 0.00000162. The SMILES string of the molecule is Cc1ccc(C)c(C(=O)NCC2CCNC2)c1.Cl. The topological polar surface area (TPSA) is 41.1 Å². The van der Waals surface area contributed by atoms with Crippen molar-refractivity contribution in [2.45, 2.75) is 20.3 Å². The third-order valence-corrected chi connectivity index (χ3v) is 3.35. The molecule has 2 rings (SSSR count). The average molecular weight is 269 g/mol. The number of carbonyl (C=O) groups excluding carboxylic acids is 1. The lowest BCUT2D eigenvalue weighted by atomic mass is 10.0. The van der Waals surface area contributed by atoms with Crippen molar-refractivity contribution in [3.63, 3.8) is 0 Å². The van der Waals surface area contributed by atoms with E-state index in [1.54, 1.807) is 0 Å². The van der Waals surface area contributed by atoms with Gasteiger partial charge in [-0.15, -0.1) is 12.4 Å². The molecule has 0 spiro atoms. The fraction of sp³-hybridized carbons (Fsp3) is 0.500. The van der Waals surface area contributed by atoms with Crippen molar-refractivity contribution in [1.29, 1.82) is 0 Å². The molecule has 0 radical (unpaired) electrons. The van der Waals surface area contributed by atoms with Crippen LogP contribution in [0.4, 0.5) is 0 Å². The molecule has 1 aliphatic heterocycles. The van der Waals surface area contributed by atoms with Gasteiger partial charge in [0.05, 0.1) is 0 Å². The van der Waals surface area contributed by atoms with Crippen molar-refractivity contribution in [1.82, 2.24) is 10.6 Å². The summed E-state index contributed by atoms with van der Waals surface area (Å²) >= 11 is 0. The molecule has 4 heteroatoms. The van der Waals surface area contributed by atoms with Crippen molar-refractivity contribution in [2.24, 2.45) is 5.92 Å². The Hall–Kier alpha value is -1.06. The number of rotatable bonds is 3. The number of benzene rings is 1. The fourth-order valence-corrected chi connectivity index (χ4v) is 2.20. The maximum Gasteiger partial charge on any atom is 0.251 e. The first-order valence-corrected chi connectivity index (χ1v) is 6.23. The van der Waals surface area contributed by atoms with E-state index in [0.717, 1.165) is 42.7 Å². The molecule has 1 saturated heterocycles. The van der Waals surface area contributed by atoms with Crippen LogP contribution in [0, 0.1) is 19.8 Å². The zero-order valence-electron chi connectivity index (χ0n) is 11.0. The highest BCUT2D eigenvalue weighted by atomic mass is 35.5. The molecular formula is C14H21ClN2O. The molecule has 1 aromatic rings. The minimum absolute atomic E-state index is 0. The first-order valence-electron chi connectivity index (χ1n) is 6.23. The van der Waals surface area contributed by atoms with Crippen LogP contribution in [0.5, 0.6) is 0 Å². The minimum Gasteiger partial charge on any atom is -0.352 e. The molecule has 1 heterocycles. The van der Waals surface area contributed by atoms with Gasteiger partial charge in [-0.3, -0.25) is 4.79 Å². The number of amides is 1. The molecule has 18 heavy (non-hydrogen) atoms. The van der Waals surface area contributed by atoms with Crippen molar-refractivity contribution < 1.29 is 4.79 Å². The Morgan fingerprint density at radius 1 is 1.44 bits per heavy atom. The van der Waals surface area contributed by atoms with Gasteiger partial charge in [0.25, 0.3) is 5.91 Å². The quantitative estimate of drug-likeness (QED) is 0.881. The second-order valence-corrected chi connectivity index (χ2v) is 4.89. The van der Waals surface area contributed by atoms with Crippen LogP contribution >= 0.6 is 12.4 Å². The van der Waals surface area contributed by atoms with Crippen LogP contribution in [0.15, 0.2) is 18.2 Å². The maximum absolute atomic E-state index is 12.0. The summed E-state index contributed by atoms with van der Waals surface area (Å²) in [5.41, 5.74) is 2.97. The number of nitrogens with one attached hydrogen (secondary N) is 2. The predicted octanol–water partition coefficient (Wildman–Crippen LogP) is 2.06. The Kier molecular flexibility index (Phi) is 5.63. The Morgan fingerprint density at radius 2 is 2.22 bits per heavy atom. The molecule has 0 bridgehead atoms. The summed E-state index contributed by atoms with van der Waals surface area (Å²) in [5, 5.41) is 6.34. The largest absolute Gasteiger partial charge is 0.352 e. The summed E-state index contributed by atoms with van der Waals surface area (Å²) in [6, 6.07) is 5.99. The monoisotopic (exact) mass is 268 g/mol. The van der Waals surface area contributed by atoms with Crippen LogP contribution in [0.3, 0.4) is 0 Å². The number of hydrogen-bond acceptors (Lipinski definition) is 2. The van der Waals surface area contributed by atoms with E-state index < -0.39 is 0 Å². The third-order valence-electron chi connectivity index (χ3n) is 3.35. The molecule has 1 atom stereocenters. The molecule has 0 aliphatic carbocycles. The second kappa shape index (κ2) is 6.76. The number of aryl methyl sites for hydroxylation is 2.